The van der Waals surface area contributed by atoms with Crippen LogP contribution >= 0.6 is 0 Å². The summed E-state index contributed by atoms with van der Waals surface area (Å²) in [5, 5.41) is 2.86. The van der Waals surface area contributed by atoms with Gasteiger partial charge in [0.1, 0.15) is 23.3 Å². The van der Waals surface area contributed by atoms with Crippen molar-refractivity contribution in [3.63, 3.8) is 0 Å². The van der Waals surface area contributed by atoms with Gasteiger partial charge in [0.15, 0.2) is 5.69 Å². The molecule has 3 fully saturated rings. The molecule has 0 aromatic carbocycles. The van der Waals surface area contributed by atoms with E-state index in [0.717, 1.165) is 17.0 Å². The second-order valence-corrected chi connectivity index (χ2v) is 10.3. The first kappa shape index (κ1) is 22.6. The molecule has 8 nitrogen and oxygen atoms in total. The summed E-state index contributed by atoms with van der Waals surface area (Å²) in [5.41, 5.74) is 2.43. The topological polar surface area (TPSA) is 94.6 Å². The Hall–Kier alpha value is -3.82. The molecule has 1 N–H and O–H groups in total. The number of halogens is 2. The molecule has 0 aliphatic heterocycles. The summed E-state index contributed by atoms with van der Waals surface area (Å²) >= 11 is 0. The van der Waals surface area contributed by atoms with Gasteiger partial charge >= 0.3 is 0 Å². The largest absolute Gasteiger partial charge is 0.489 e. The summed E-state index contributed by atoms with van der Waals surface area (Å²) in [7, 11) is 0. The van der Waals surface area contributed by atoms with Crippen molar-refractivity contribution in [1.82, 2.24) is 19.4 Å². The van der Waals surface area contributed by atoms with E-state index in [9.17, 15) is 13.6 Å². The van der Waals surface area contributed by atoms with Crippen LogP contribution in [0.4, 0.5) is 14.5 Å². The maximum atomic E-state index is 13.3. The molecule has 0 spiro atoms. The summed E-state index contributed by atoms with van der Waals surface area (Å²) in [4.78, 5) is 26.2. The lowest BCUT2D eigenvalue weighted by Crippen LogP contribution is -2.67. The zero-order valence-electron chi connectivity index (χ0n) is 20.1. The van der Waals surface area contributed by atoms with Crippen LogP contribution in [0.25, 0.3) is 17.1 Å². The van der Waals surface area contributed by atoms with Crippen molar-refractivity contribution in [3.05, 3.63) is 60.1 Å². The van der Waals surface area contributed by atoms with Gasteiger partial charge < -0.3 is 18.9 Å². The molecule has 4 aromatic heterocycles. The maximum absolute atomic E-state index is 13.3. The molecule has 3 aliphatic rings. The van der Waals surface area contributed by atoms with Crippen LogP contribution in [0.5, 0.6) is 5.75 Å². The number of fused-ring (bicyclic) bond motifs is 1. The first-order valence-electron chi connectivity index (χ1n) is 11.8. The Morgan fingerprint density at radius 3 is 2.67 bits per heavy atom. The number of ether oxygens (including phenoxy) is 1. The molecule has 0 unspecified atom stereocenters. The van der Waals surface area contributed by atoms with E-state index >= 15 is 0 Å². The van der Waals surface area contributed by atoms with E-state index in [0.29, 0.717) is 42.2 Å². The number of imidazole rings is 1. The van der Waals surface area contributed by atoms with Gasteiger partial charge in [-0.25, -0.2) is 18.7 Å². The minimum absolute atomic E-state index is 0.118. The SMILES string of the molecule is Cc1cc(-c2nc(C(=O)Nc3cn4cc(C56CC(C(F)F)(C5)C6)nc4cc3OC(C)C)co2)ccn1. The van der Waals surface area contributed by atoms with Crippen LogP contribution in [0.2, 0.25) is 0 Å². The highest BCUT2D eigenvalue weighted by Crippen LogP contribution is 2.75. The van der Waals surface area contributed by atoms with Gasteiger partial charge in [-0.2, -0.15) is 0 Å². The molecule has 36 heavy (non-hydrogen) atoms. The summed E-state index contributed by atoms with van der Waals surface area (Å²) in [6.07, 6.45) is 5.50. The lowest BCUT2D eigenvalue weighted by Gasteiger charge is -2.69. The number of anilines is 1. The molecule has 186 valence electrons. The van der Waals surface area contributed by atoms with Crippen molar-refractivity contribution in [3.8, 4) is 17.2 Å². The van der Waals surface area contributed by atoms with Crippen LogP contribution in [0.15, 0.2) is 47.5 Å². The fourth-order valence-electron chi connectivity index (χ4n) is 5.46. The number of oxazole rings is 1. The van der Waals surface area contributed by atoms with E-state index in [1.165, 1.54) is 6.26 Å². The number of nitrogens with one attached hydrogen (secondary N) is 1. The van der Waals surface area contributed by atoms with E-state index in [-0.39, 0.29) is 17.2 Å². The second-order valence-electron chi connectivity index (χ2n) is 10.3. The number of carbonyl (C=O) groups excluding carboxylic acids is 1. The number of carbonyl (C=O) groups is 1. The van der Waals surface area contributed by atoms with E-state index < -0.39 is 17.7 Å². The molecule has 0 atom stereocenters. The third kappa shape index (κ3) is 3.54. The highest BCUT2D eigenvalue weighted by atomic mass is 19.3. The minimum Gasteiger partial charge on any atom is -0.489 e. The van der Waals surface area contributed by atoms with Gasteiger partial charge in [-0.3, -0.25) is 9.78 Å². The average Bonchev–Trinajstić information content (AvgIpc) is 3.39. The number of pyridine rings is 2. The number of hydrogen-bond acceptors (Lipinski definition) is 6. The molecular formula is C26H25F2N5O3. The molecule has 4 heterocycles. The molecule has 4 aromatic rings. The lowest BCUT2D eigenvalue weighted by atomic mass is 9.34. The number of hydrogen-bond donors (Lipinski definition) is 1. The van der Waals surface area contributed by atoms with Crippen molar-refractivity contribution in [2.75, 3.05) is 5.32 Å². The second kappa shape index (κ2) is 7.84. The molecule has 3 saturated carbocycles. The molecular weight excluding hydrogens is 468 g/mol. The monoisotopic (exact) mass is 493 g/mol. The highest BCUT2D eigenvalue weighted by molar-refractivity contribution is 6.03. The summed E-state index contributed by atoms with van der Waals surface area (Å²) in [6.45, 7) is 5.64. The van der Waals surface area contributed by atoms with Crippen molar-refractivity contribution in [1.29, 1.82) is 0 Å². The summed E-state index contributed by atoms with van der Waals surface area (Å²) < 4.78 is 39.9. The number of aryl methyl sites for hydroxylation is 1. The van der Waals surface area contributed by atoms with Crippen molar-refractivity contribution < 1.29 is 22.7 Å². The van der Waals surface area contributed by atoms with Crippen molar-refractivity contribution in [2.45, 2.75) is 58.0 Å². The Labute approximate surface area is 205 Å². The smallest absolute Gasteiger partial charge is 0.277 e. The van der Waals surface area contributed by atoms with E-state index in [1.807, 2.05) is 33.0 Å². The molecule has 2 bridgehead atoms. The third-order valence-corrected chi connectivity index (χ3v) is 7.12. The summed E-state index contributed by atoms with van der Waals surface area (Å²) in [6, 6.07) is 5.33. The predicted octanol–water partition coefficient (Wildman–Crippen LogP) is 5.42. The van der Waals surface area contributed by atoms with Gasteiger partial charge in [0.05, 0.1) is 11.8 Å². The summed E-state index contributed by atoms with van der Waals surface area (Å²) in [5.74, 6) is 0.319. The molecule has 0 saturated heterocycles. The van der Waals surface area contributed by atoms with Gasteiger partial charge in [0.2, 0.25) is 12.3 Å². The normalized spacial score (nSPS) is 22.5. The molecule has 10 heteroatoms. The Balaban J connectivity index is 1.28. The quantitative estimate of drug-likeness (QED) is 0.370. The molecule has 7 rings (SSSR count). The fraction of sp³-hybridized carbons (Fsp3) is 0.385. The minimum atomic E-state index is -2.29. The lowest BCUT2D eigenvalue weighted by molar-refractivity contribution is -0.223. The zero-order valence-corrected chi connectivity index (χ0v) is 20.1. The number of nitrogens with zero attached hydrogens (tertiary/aromatic N) is 4. The molecule has 0 radical (unpaired) electrons. The number of aromatic nitrogens is 4. The van der Waals surface area contributed by atoms with Crippen LogP contribution < -0.4 is 10.1 Å². The van der Waals surface area contributed by atoms with Crippen LogP contribution in [-0.4, -0.2) is 37.8 Å². The van der Waals surface area contributed by atoms with Crippen LogP contribution in [0, 0.1) is 12.3 Å². The van der Waals surface area contributed by atoms with E-state index in [4.69, 9.17) is 14.1 Å². The third-order valence-electron chi connectivity index (χ3n) is 7.12. The van der Waals surface area contributed by atoms with Crippen molar-refractivity contribution >= 4 is 17.2 Å². The van der Waals surface area contributed by atoms with E-state index in [1.54, 1.807) is 28.9 Å². The first-order valence-corrected chi connectivity index (χ1v) is 11.8. The average molecular weight is 494 g/mol. The van der Waals surface area contributed by atoms with Crippen molar-refractivity contribution in [2.24, 2.45) is 5.41 Å². The number of alkyl halides is 2. The fourth-order valence-corrected chi connectivity index (χ4v) is 5.46. The first-order chi connectivity index (χ1) is 17.2. The van der Waals surface area contributed by atoms with E-state index in [2.05, 4.69) is 15.3 Å². The molecule has 3 aliphatic carbocycles. The number of amides is 1. The van der Waals surface area contributed by atoms with Gasteiger partial charge in [0, 0.05) is 46.7 Å². The zero-order chi connectivity index (χ0) is 25.2. The maximum Gasteiger partial charge on any atom is 0.277 e. The van der Waals surface area contributed by atoms with Crippen LogP contribution in [-0.2, 0) is 5.41 Å². The van der Waals surface area contributed by atoms with Gasteiger partial charge in [-0.05, 0) is 52.2 Å². The standard InChI is InChI=1S/C26H25F2N5O3/c1-14(2)36-19-7-21-32-20(25-11-26(12-25,13-25)24(27)28)9-33(21)8-17(19)30-22(34)18-10-35-23(31-18)16-4-5-29-15(3)6-16/h4-10,14,24H,11-13H2,1-3H3,(H,30,34). The highest BCUT2D eigenvalue weighted by Gasteiger charge is 2.73. The Morgan fingerprint density at radius 1 is 1.19 bits per heavy atom. The van der Waals surface area contributed by atoms with Gasteiger partial charge in [-0.1, -0.05) is 0 Å². The molecule has 1 amide bonds. The van der Waals surface area contributed by atoms with Gasteiger partial charge in [-0.15, -0.1) is 0 Å². The Morgan fingerprint density at radius 2 is 1.97 bits per heavy atom. The van der Waals surface area contributed by atoms with Crippen LogP contribution in [0.1, 0.15) is 55.0 Å². The Kier molecular flexibility index (Phi) is 4.93. The Bertz CT molecular complexity index is 1470. The van der Waals surface area contributed by atoms with Crippen LogP contribution in [0.3, 0.4) is 0 Å². The van der Waals surface area contributed by atoms with Gasteiger partial charge in [0.25, 0.3) is 5.91 Å². The number of rotatable bonds is 7. The predicted molar refractivity (Wildman–Crippen MR) is 127 cm³/mol.